The van der Waals surface area contributed by atoms with E-state index in [0.717, 1.165) is 18.9 Å². The van der Waals surface area contributed by atoms with Crippen molar-refractivity contribution in [1.82, 2.24) is 5.32 Å². The van der Waals surface area contributed by atoms with Crippen LogP contribution in [0.15, 0.2) is 18.2 Å². The number of sulfonamides is 1. The first-order valence-electron chi connectivity index (χ1n) is 6.09. The van der Waals surface area contributed by atoms with Gasteiger partial charge < -0.3 is 5.32 Å². The highest BCUT2D eigenvalue weighted by molar-refractivity contribution is 7.93. The normalized spacial score (nSPS) is 17.2. The minimum atomic E-state index is -3.66. The van der Waals surface area contributed by atoms with Crippen molar-refractivity contribution < 1.29 is 12.8 Å². The second-order valence-corrected chi connectivity index (χ2v) is 7.24. The summed E-state index contributed by atoms with van der Waals surface area (Å²) in [5.41, 5.74) is -0.192. The van der Waals surface area contributed by atoms with Crippen LogP contribution >= 0.6 is 11.6 Å². The van der Waals surface area contributed by atoms with Crippen LogP contribution in [-0.4, -0.2) is 26.3 Å². The molecule has 1 unspecified atom stereocenters. The van der Waals surface area contributed by atoms with Crippen molar-refractivity contribution >= 4 is 27.3 Å². The molecule has 106 valence electrons. The van der Waals surface area contributed by atoms with Crippen molar-refractivity contribution in [2.45, 2.75) is 31.1 Å². The molecule has 0 spiro atoms. The molecule has 1 aliphatic rings. The Morgan fingerprint density at radius 2 is 2.16 bits per heavy atom. The van der Waals surface area contributed by atoms with E-state index in [4.69, 9.17) is 11.6 Å². The first-order valence-corrected chi connectivity index (χ1v) is 8.01. The van der Waals surface area contributed by atoms with Gasteiger partial charge in [0.2, 0.25) is 10.0 Å². The topological polar surface area (TPSA) is 58.2 Å². The zero-order valence-corrected chi connectivity index (χ0v) is 12.1. The van der Waals surface area contributed by atoms with Crippen LogP contribution in [0.2, 0.25) is 5.02 Å². The second-order valence-electron chi connectivity index (χ2n) is 4.74. The Bertz CT molecular complexity index is 541. The average molecular weight is 307 g/mol. The lowest BCUT2D eigenvalue weighted by atomic mass is 10.3. The molecule has 4 nitrogen and oxygen atoms in total. The summed E-state index contributed by atoms with van der Waals surface area (Å²) in [6, 6.07) is 4.45. The van der Waals surface area contributed by atoms with Crippen LogP contribution < -0.4 is 10.0 Å². The van der Waals surface area contributed by atoms with Crippen LogP contribution in [-0.2, 0) is 10.0 Å². The SMILES string of the molecule is CC(CNC1CC1)S(=O)(=O)Nc1c(F)cccc1Cl. The smallest absolute Gasteiger partial charge is 0.236 e. The molecule has 1 atom stereocenters. The van der Waals surface area contributed by atoms with E-state index in [1.165, 1.54) is 12.1 Å². The van der Waals surface area contributed by atoms with Crippen LogP contribution in [0.5, 0.6) is 0 Å². The minimum Gasteiger partial charge on any atom is -0.313 e. The Morgan fingerprint density at radius 1 is 1.47 bits per heavy atom. The molecule has 2 rings (SSSR count). The Balaban J connectivity index is 2.06. The fraction of sp³-hybridized carbons (Fsp3) is 0.500. The predicted molar refractivity (Wildman–Crippen MR) is 74.4 cm³/mol. The number of nitrogens with one attached hydrogen (secondary N) is 2. The van der Waals surface area contributed by atoms with Gasteiger partial charge in [-0.2, -0.15) is 0 Å². The molecule has 1 aromatic carbocycles. The summed E-state index contributed by atoms with van der Waals surface area (Å²) in [7, 11) is -3.66. The van der Waals surface area contributed by atoms with Gasteiger partial charge in [0.05, 0.1) is 10.3 Å². The predicted octanol–water partition coefficient (Wildman–Crippen LogP) is 2.36. The van der Waals surface area contributed by atoms with Crippen LogP contribution in [0.1, 0.15) is 19.8 Å². The van der Waals surface area contributed by atoms with Gasteiger partial charge in [0.1, 0.15) is 11.5 Å². The molecule has 1 aliphatic carbocycles. The van der Waals surface area contributed by atoms with Crippen LogP contribution in [0, 0.1) is 5.82 Å². The van der Waals surface area contributed by atoms with Gasteiger partial charge in [-0.15, -0.1) is 0 Å². The van der Waals surface area contributed by atoms with Gasteiger partial charge in [-0.3, -0.25) is 4.72 Å². The summed E-state index contributed by atoms with van der Waals surface area (Å²) in [5, 5.41) is 2.52. The van der Waals surface area contributed by atoms with E-state index in [-0.39, 0.29) is 10.7 Å². The molecule has 0 saturated heterocycles. The molecule has 19 heavy (non-hydrogen) atoms. The maximum Gasteiger partial charge on any atom is 0.236 e. The van der Waals surface area contributed by atoms with Crippen molar-refractivity contribution in [2.24, 2.45) is 0 Å². The third-order valence-electron chi connectivity index (χ3n) is 3.01. The van der Waals surface area contributed by atoms with E-state index in [9.17, 15) is 12.8 Å². The molecule has 0 aliphatic heterocycles. The molecule has 1 fully saturated rings. The highest BCUT2D eigenvalue weighted by Crippen LogP contribution is 2.26. The Hall–Kier alpha value is -0.850. The van der Waals surface area contributed by atoms with Gasteiger partial charge in [0.15, 0.2) is 0 Å². The van der Waals surface area contributed by atoms with Gasteiger partial charge in [-0.05, 0) is 31.9 Å². The monoisotopic (exact) mass is 306 g/mol. The van der Waals surface area contributed by atoms with E-state index < -0.39 is 21.1 Å². The average Bonchev–Trinajstić information content (AvgIpc) is 3.15. The molecule has 0 heterocycles. The lowest BCUT2D eigenvalue weighted by molar-refractivity contribution is 0.574. The number of anilines is 1. The Labute approximate surface area is 117 Å². The summed E-state index contributed by atoms with van der Waals surface area (Å²) in [6.07, 6.45) is 2.17. The first kappa shape index (κ1) is 14.6. The van der Waals surface area contributed by atoms with Crippen LogP contribution in [0.25, 0.3) is 0 Å². The molecule has 1 aromatic rings. The highest BCUT2D eigenvalue weighted by atomic mass is 35.5. The Morgan fingerprint density at radius 3 is 2.74 bits per heavy atom. The van der Waals surface area contributed by atoms with Gasteiger partial charge in [-0.1, -0.05) is 17.7 Å². The standard InChI is InChI=1S/C12H16ClFN2O2S/c1-8(7-15-9-5-6-9)19(17,18)16-12-10(13)3-2-4-11(12)14/h2-4,8-9,15-16H,5-7H2,1H3. The van der Waals surface area contributed by atoms with Gasteiger partial charge in [-0.25, -0.2) is 12.8 Å². The van der Waals surface area contributed by atoms with E-state index >= 15 is 0 Å². The molecule has 1 saturated carbocycles. The van der Waals surface area contributed by atoms with E-state index in [1.807, 2.05) is 0 Å². The number of hydrogen-bond donors (Lipinski definition) is 2. The molecular formula is C12H16ClFN2O2S. The fourth-order valence-electron chi connectivity index (χ4n) is 1.57. The number of rotatable bonds is 6. The van der Waals surface area contributed by atoms with Gasteiger partial charge in [0, 0.05) is 12.6 Å². The number of halogens is 2. The quantitative estimate of drug-likeness (QED) is 0.848. The van der Waals surface area contributed by atoms with Crippen molar-refractivity contribution in [3.05, 3.63) is 29.0 Å². The third kappa shape index (κ3) is 3.81. The zero-order valence-electron chi connectivity index (χ0n) is 10.5. The fourth-order valence-corrected chi connectivity index (χ4v) is 2.84. The molecule has 0 radical (unpaired) electrons. The zero-order chi connectivity index (χ0) is 14.0. The van der Waals surface area contributed by atoms with E-state index in [1.54, 1.807) is 6.92 Å². The summed E-state index contributed by atoms with van der Waals surface area (Å²) in [6.45, 7) is 1.92. The van der Waals surface area contributed by atoms with Crippen molar-refractivity contribution in [1.29, 1.82) is 0 Å². The van der Waals surface area contributed by atoms with Crippen LogP contribution in [0.3, 0.4) is 0 Å². The summed E-state index contributed by atoms with van der Waals surface area (Å²) >= 11 is 5.80. The molecular weight excluding hydrogens is 291 g/mol. The molecule has 2 N–H and O–H groups in total. The maximum absolute atomic E-state index is 13.5. The van der Waals surface area contributed by atoms with E-state index in [2.05, 4.69) is 10.0 Å². The molecule has 7 heteroatoms. The van der Waals surface area contributed by atoms with E-state index in [0.29, 0.717) is 12.6 Å². The summed E-state index contributed by atoms with van der Waals surface area (Å²) < 4.78 is 39.9. The van der Waals surface area contributed by atoms with Crippen molar-refractivity contribution in [3.8, 4) is 0 Å². The van der Waals surface area contributed by atoms with Gasteiger partial charge >= 0.3 is 0 Å². The Kier molecular flexibility index (Phi) is 4.32. The molecule has 0 aromatic heterocycles. The molecule has 0 bridgehead atoms. The summed E-state index contributed by atoms with van der Waals surface area (Å²) in [4.78, 5) is 0. The third-order valence-corrected chi connectivity index (χ3v) is 5.04. The minimum absolute atomic E-state index is 0.0472. The van der Waals surface area contributed by atoms with Crippen molar-refractivity contribution in [3.63, 3.8) is 0 Å². The maximum atomic E-state index is 13.5. The number of hydrogen-bond acceptors (Lipinski definition) is 3. The van der Waals surface area contributed by atoms with Gasteiger partial charge in [0.25, 0.3) is 0 Å². The largest absolute Gasteiger partial charge is 0.313 e. The number of para-hydroxylation sites is 1. The lowest BCUT2D eigenvalue weighted by Crippen LogP contribution is -2.35. The lowest BCUT2D eigenvalue weighted by Gasteiger charge is -2.16. The molecule has 0 amide bonds. The highest BCUT2D eigenvalue weighted by Gasteiger charge is 2.26. The summed E-state index contributed by atoms with van der Waals surface area (Å²) in [5.74, 6) is -0.682. The van der Waals surface area contributed by atoms with Crippen molar-refractivity contribution in [2.75, 3.05) is 11.3 Å². The second kappa shape index (κ2) is 5.64. The number of benzene rings is 1. The van der Waals surface area contributed by atoms with Crippen LogP contribution in [0.4, 0.5) is 10.1 Å². The first-order chi connectivity index (χ1) is 8.90.